The van der Waals surface area contributed by atoms with Gasteiger partial charge >= 0.3 is 0 Å². The van der Waals surface area contributed by atoms with Gasteiger partial charge in [0.1, 0.15) is 0 Å². The Hall–Kier alpha value is -3.44. The number of carbonyl (C=O) groups excluding carboxylic acids is 1. The number of amides is 1. The summed E-state index contributed by atoms with van der Waals surface area (Å²) in [5, 5.41) is 10.3. The van der Waals surface area contributed by atoms with Gasteiger partial charge in [0, 0.05) is 49.5 Å². The van der Waals surface area contributed by atoms with Gasteiger partial charge in [-0.15, -0.1) is 0 Å². The first-order valence-electron chi connectivity index (χ1n) is 10.2. The third-order valence-corrected chi connectivity index (χ3v) is 5.53. The molecule has 0 aliphatic carbocycles. The van der Waals surface area contributed by atoms with Gasteiger partial charge in [-0.2, -0.15) is 5.26 Å². The summed E-state index contributed by atoms with van der Waals surface area (Å²) in [4.78, 5) is 27.8. The van der Waals surface area contributed by atoms with E-state index in [-0.39, 0.29) is 12.3 Å². The summed E-state index contributed by atoms with van der Waals surface area (Å²) in [6.45, 7) is 4.66. The van der Waals surface area contributed by atoms with Crippen molar-refractivity contribution in [3.63, 3.8) is 0 Å². The Kier molecular flexibility index (Phi) is 5.91. The van der Waals surface area contributed by atoms with Gasteiger partial charge < -0.3 is 15.6 Å². The number of aryl methyl sites for hydroxylation is 1. The van der Waals surface area contributed by atoms with E-state index in [1.54, 1.807) is 12.3 Å². The summed E-state index contributed by atoms with van der Waals surface area (Å²) < 4.78 is 0. The fourth-order valence-electron chi connectivity index (χ4n) is 3.93. The van der Waals surface area contributed by atoms with Crippen LogP contribution in [0.1, 0.15) is 23.2 Å². The van der Waals surface area contributed by atoms with E-state index >= 15 is 0 Å². The van der Waals surface area contributed by atoms with Crippen LogP contribution in [0.25, 0.3) is 10.9 Å². The van der Waals surface area contributed by atoms with E-state index < -0.39 is 0 Å². The Balaban J connectivity index is 1.28. The number of hydrogen-bond donors (Lipinski definition) is 2. The van der Waals surface area contributed by atoms with Crippen LogP contribution in [-0.4, -0.2) is 58.5 Å². The van der Waals surface area contributed by atoms with Gasteiger partial charge in [0.05, 0.1) is 23.7 Å². The highest BCUT2D eigenvalue weighted by Gasteiger charge is 2.19. The van der Waals surface area contributed by atoms with Crippen LogP contribution in [0.3, 0.4) is 0 Å². The normalized spacial score (nSPS) is 14.7. The van der Waals surface area contributed by atoms with Crippen molar-refractivity contribution in [1.82, 2.24) is 19.9 Å². The van der Waals surface area contributed by atoms with Crippen LogP contribution >= 0.6 is 0 Å². The summed E-state index contributed by atoms with van der Waals surface area (Å²) in [5.41, 5.74) is 8.96. The van der Waals surface area contributed by atoms with Gasteiger partial charge in [-0.05, 0) is 49.2 Å². The van der Waals surface area contributed by atoms with Gasteiger partial charge in [0.2, 0.25) is 11.9 Å². The highest BCUT2D eigenvalue weighted by molar-refractivity contribution is 5.84. The van der Waals surface area contributed by atoms with Crippen LogP contribution in [0.15, 0.2) is 36.7 Å². The summed E-state index contributed by atoms with van der Waals surface area (Å²) in [5.74, 6) is 0.281. The second-order valence-electron chi connectivity index (χ2n) is 7.61. The molecule has 3 aromatic rings. The number of fused-ring (bicyclic) bond motifs is 1. The molecular formula is C22H25N7O. The first kappa shape index (κ1) is 19.9. The molecule has 8 nitrogen and oxygen atoms in total. The SMILES string of the molecule is N#Cc1ccc2[nH]cc(CCCN3CCN(c4nccc(CC(N)=O)n4)CC3)c2c1. The topological polar surface area (TPSA) is 115 Å². The Labute approximate surface area is 175 Å². The summed E-state index contributed by atoms with van der Waals surface area (Å²) in [6.07, 6.45) is 5.92. The molecule has 1 aliphatic rings. The van der Waals surface area contributed by atoms with Crippen LogP contribution in [0.2, 0.25) is 0 Å². The van der Waals surface area contributed by atoms with Gasteiger partial charge in [0.15, 0.2) is 0 Å². The van der Waals surface area contributed by atoms with E-state index in [4.69, 9.17) is 11.0 Å². The first-order valence-corrected chi connectivity index (χ1v) is 10.2. The van der Waals surface area contributed by atoms with Crippen molar-refractivity contribution in [3.05, 3.63) is 53.5 Å². The third-order valence-electron chi connectivity index (χ3n) is 5.53. The summed E-state index contributed by atoms with van der Waals surface area (Å²) in [6, 6.07) is 9.72. The Morgan fingerprint density at radius 2 is 2.07 bits per heavy atom. The van der Waals surface area contributed by atoms with Crippen molar-refractivity contribution >= 4 is 22.8 Å². The average molecular weight is 403 g/mol. The summed E-state index contributed by atoms with van der Waals surface area (Å²) >= 11 is 0. The third kappa shape index (κ3) is 4.58. The predicted molar refractivity (Wildman–Crippen MR) is 115 cm³/mol. The number of aromatic nitrogens is 3. The van der Waals surface area contributed by atoms with Crippen LogP contribution in [0, 0.1) is 11.3 Å². The molecule has 0 spiro atoms. The molecule has 1 fully saturated rings. The molecule has 1 saturated heterocycles. The van der Waals surface area contributed by atoms with Gasteiger partial charge in [-0.25, -0.2) is 9.97 Å². The minimum absolute atomic E-state index is 0.138. The molecule has 0 atom stereocenters. The average Bonchev–Trinajstić information content (AvgIpc) is 3.16. The number of hydrogen-bond acceptors (Lipinski definition) is 6. The van der Waals surface area contributed by atoms with Crippen molar-refractivity contribution in [2.24, 2.45) is 5.73 Å². The van der Waals surface area contributed by atoms with Gasteiger partial charge in [-0.1, -0.05) is 0 Å². The fourth-order valence-corrected chi connectivity index (χ4v) is 3.93. The molecule has 1 aliphatic heterocycles. The molecule has 0 saturated carbocycles. The van der Waals surface area contributed by atoms with E-state index in [9.17, 15) is 4.79 Å². The number of nitrogens with zero attached hydrogens (tertiary/aromatic N) is 5. The molecule has 30 heavy (non-hydrogen) atoms. The lowest BCUT2D eigenvalue weighted by molar-refractivity contribution is -0.117. The van der Waals surface area contributed by atoms with Crippen molar-refractivity contribution in [2.75, 3.05) is 37.6 Å². The lowest BCUT2D eigenvalue weighted by Gasteiger charge is -2.34. The van der Waals surface area contributed by atoms with Crippen molar-refractivity contribution in [2.45, 2.75) is 19.3 Å². The molecular weight excluding hydrogens is 378 g/mol. The standard InChI is InChI=1S/C22H25N7O/c23-14-16-3-4-20-19(12-16)17(15-26-20)2-1-7-28-8-10-29(11-9-28)22-25-6-5-18(27-22)13-21(24)30/h3-6,12,15,26H,1-2,7-11,13H2,(H2,24,30). The van der Waals surface area contributed by atoms with E-state index in [0.717, 1.165) is 56.5 Å². The molecule has 8 heteroatoms. The van der Waals surface area contributed by atoms with Crippen molar-refractivity contribution in [1.29, 1.82) is 5.26 Å². The maximum Gasteiger partial charge on any atom is 0.225 e. The molecule has 2 aromatic heterocycles. The van der Waals surface area contributed by atoms with E-state index in [2.05, 4.69) is 37.0 Å². The highest BCUT2D eigenvalue weighted by atomic mass is 16.1. The molecule has 3 N–H and O–H groups in total. The number of carbonyl (C=O) groups is 1. The molecule has 0 radical (unpaired) electrons. The molecule has 1 aromatic carbocycles. The largest absolute Gasteiger partial charge is 0.369 e. The predicted octanol–water partition coefficient (Wildman–Crippen LogP) is 1.61. The number of aromatic amines is 1. The number of nitriles is 1. The van der Waals surface area contributed by atoms with E-state index in [1.807, 2.05) is 18.2 Å². The molecule has 154 valence electrons. The van der Waals surface area contributed by atoms with Gasteiger partial charge in [0.25, 0.3) is 0 Å². The number of primary amides is 1. The zero-order chi connectivity index (χ0) is 20.9. The first-order chi connectivity index (χ1) is 14.6. The lowest BCUT2D eigenvalue weighted by atomic mass is 10.1. The van der Waals surface area contributed by atoms with Crippen molar-refractivity contribution in [3.8, 4) is 6.07 Å². The minimum Gasteiger partial charge on any atom is -0.369 e. The van der Waals surface area contributed by atoms with Crippen LogP contribution in [0.5, 0.6) is 0 Å². The fraction of sp³-hybridized carbons (Fsp3) is 0.364. The molecule has 0 bridgehead atoms. The minimum atomic E-state index is -0.386. The van der Waals surface area contributed by atoms with Crippen molar-refractivity contribution < 1.29 is 4.79 Å². The van der Waals surface area contributed by atoms with Crippen LogP contribution in [0.4, 0.5) is 5.95 Å². The Bertz CT molecular complexity index is 1080. The number of benzene rings is 1. The zero-order valence-electron chi connectivity index (χ0n) is 16.8. The maximum atomic E-state index is 11.1. The number of rotatable bonds is 7. The number of piperazine rings is 1. The molecule has 3 heterocycles. The summed E-state index contributed by atoms with van der Waals surface area (Å²) in [7, 11) is 0. The van der Waals surface area contributed by atoms with E-state index in [1.165, 1.54) is 5.56 Å². The number of H-pyrrole nitrogens is 1. The Morgan fingerprint density at radius 3 is 2.83 bits per heavy atom. The monoisotopic (exact) mass is 403 g/mol. The number of anilines is 1. The van der Waals surface area contributed by atoms with Crippen LogP contribution in [-0.2, 0) is 17.6 Å². The number of nitrogens with one attached hydrogen (secondary N) is 1. The number of nitrogens with two attached hydrogens (primary N) is 1. The van der Waals surface area contributed by atoms with Crippen LogP contribution < -0.4 is 10.6 Å². The second kappa shape index (κ2) is 8.93. The molecule has 1 amide bonds. The molecule has 4 rings (SSSR count). The Morgan fingerprint density at radius 1 is 1.23 bits per heavy atom. The second-order valence-corrected chi connectivity index (χ2v) is 7.61. The lowest BCUT2D eigenvalue weighted by Crippen LogP contribution is -2.47. The van der Waals surface area contributed by atoms with Gasteiger partial charge in [-0.3, -0.25) is 9.69 Å². The smallest absolute Gasteiger partial charge is 0.225 e. The highest BCUT2D eigenvalue weighted by Crippen LogP contribution is 2.21. The zero-order valence-corrected chi connectivity index (χ0v) is 16.8. The van der Waals surface area contributed by atoms with E-state index in [0.29, 0.717) is 17.2 Å². The maximum absolute atomic E-state index is 11.1. The quantitative estimate of drug-likeness (QED) is 0.619. The molecule has 0 unspecified atom stereocenters.